The number of ether oxygens (including phenoxy) is 4. The SMILES string of the molecule is C/C=C/[C@H](O[Si](C)(C)C(C)(C)C)C(C)(C)[C@H](C/C=C\[C@H]1O[C@H]1/C=C/C=C\c1nc(C(=O)OC)co1)OC(=O)c1coc(/C=C\C=C\[C@@H]2O[C@@H]2/C=C\C[C@H](O)C(C)(C)[C@H](/C=C/C)O[Si](C)(C)C(C)(C)C)n1. The summed E-state index contributed by atoms with van der Waals surface area (Å²) in [6, 6.07) is 0. The van der Waals surface area contributed by atoms with Crippen molar-refractivity contribution in [2.24, 2.45) is 10.8 Å². The first-order valence-electron chi connectivity index (χ1n) is 24.4. The topological polar surface area (TPSA) is 168 Å². The normalized spacial score (nSPS) is 21.7. The highest BCUT2D eigenvalue weighted by Crippen LogP contribution is 2.43. The average molecular weight is 1000 g/mol. The van der Waals surface area contributed by atoms with E-state index < -0.39 is 51.6 Å². The van der Waals surface area contributed by atoms with Crippen molar-refractivity contribution in [1.29, 1.82) is 0 Å². The fourth-order valence-electron chi connectivity index (χ4n) is 6.80. The number of aliphatic hydroxyl groups is 1. The molecule has 0 aromatic carbocycles. The van der Waals surface area contributed by atoms with Crippen LogP contribution in [0.3, 0.4) is 0 Å². The van der Waals surface area contributed by atoms with E-state index in [2.05, 4.69) is 122 Å². The Morgan fingerprint density at radius 2 is 1.06 bits per heavy atom. The summed E-state index contributed by atoms with van der Waals surface area (Å²) in [4.78, 5) is 34.0. The van der Waals surface area contributed by atoms with Gasteiger partial charge in [0.15, 0.2) is 28.0 Å². The number of esters is 2. The number of aliphatic hydroxyl groups excluding tert-OH is 1. The smallest absolute Gasteiger partial charge is 0.360 e. The number of hydrogen-bond acceptors (Lipinski definition) is 13. The predicted molar refractivity (Wildman–Crippen MR) is 282 cm³/mol. The van der Waals surface area contributed by atoms with Gasteiger partial charge in [0, 0.05) is 29.4 Å². The molecule has 13 nitrogen and oxygen atoms in total. The van der Waals surface area contributed by atoms with Crippen LogP contribution < -0.4 is 0 Å². The molecule has 386 valence electrons. The van der Waals surface area contributed by atoms with E-state index in [9.17, 15) is 14.7 Å². The summed E-state index contributed by atoms with van der Waals surface area (Å²) in [5.74, 6) is -0.640. The van der Waals surface area contributed by atoms with Crippen LogP contribution in [0.25, 0.3) is 12.2 Å². The van der Waals surface area contributed by atoms with Crippen molar-refractivity contribution in [2.45, 2.75) is 181 Å². The first kappa shape index (κ1) is 58.1. The lowest BCUT2D eigenvalue weighted by atomic mass is 9.79. The molecule has 4 heterocycles. The van der Waals surface area contributed by atoms with Crippen LogP contribution in [0.1, 0.15) is 129 Å². The van der Waals surface area contributed by atoms with Crippen molar-refractivity contribution >= 4 is 40.7 Å². The molecule has 2 fully saturated rings. The molecule has 0 saturated carbocycles. The molecule has 0 aliphatic carbocycles. The Morgan fingerprint density at radius 1 is 0.643 bits per heavy atom. The van der Waals surface area contributed by atoms with Gasteiger partial charge in [0.1, 0.15) is 43.0 Å². The van der Waals surface area contributed by atoms with Crippen LogP contribution in [-0.2, 0) is 27.8 Å². The number of rotatable bonds is 25. The lowest BCUT2D eigenvalue weighted by molar-refractivity contribution is -0.0420. The summed E-state index contributed by atoms with van der Waals surface area (Å²) in [6.07, 6.45) is 31.6. The third-order valence-electron chi connectivity index (χ3n) is 14.0. The van der Waals surface area contributed by atoms with E-state index in [-0.39, 0.29) is 69.9 Å². The third kappa shape index (κ3) is 16.3. The van der Waals surface area contributed by atoms with Crippen LogP contribution in [-0.4, -0.2) is 99.6 Å². The molecular formula is C55H82N2O11Si2. The van der Waals surface area contributed by atoms with Crippen LogP contribution in [0.4, 0.5) is 0 Å². The standard InChI is InChI=1S/C55H82N2O11Si2/c1-18-26-46(67-69(14,15)52(3,4)5)54(9,10)44(58)32-24-30-42-40(64-42)28-21-23-35-49-57-39(37-63-49)51(60)66-45(55(11,12)47(27-19-2)68-70(16,17)53(6,7)8)33-25-31-43-41(65-43)29-20-22-34-48-56-38(36-62-48)50(59)61-13/h18-31,34-37,40-47,58H,32-33H2,1-17H3/b26-18+,27-19+,28-21+,29-20+,30-24-,31-25-,34-22-,35-23-/t40-,41-,42+,43+,44-,45-,46-,47-/m0/s1. The molecule has 0 amide bonds. The average Bonchev–Trinajstić information content (AvgIpc) is 4.07. The highest BCUT2D eigenvalue weighted by atomic mass is 28.4. The molecule has 0 unspecified atom stereocenters. The molecule has 0 spiro atoms. The first-order valence-corrected chi connectivity index (χ1v) is 30.2. The van der Waals surface area contributed by atoms with Crippen LogP contribution in [0.5, 0.6) is 0 Å². The van der Waals surface area contributed by atoms with Crippen LogP contribution >= 0.6 is 0 Å². The Kier molecular flexibility index (Phi) is 20.2. The van der Waals surface area contributed by atoms with E-state index in [1.54, 1.807) is 24.3 Å². The number of allylic oxidation sites excluding steroid dienone is 6. The second-order valence-corrected chi connectivity index (χ2v) is 31.8. The minimum Gasteiger partial charge on any atom is -0.464 e. The Balaban J connectivity index is 1.37. The Labute approximate surface area is 420 Å². The fraction of sp³-hybridized carbons (Fsp3) is 0.564. The quantitative estimate of drug-likeness (QED) is 0.0328. The molecule has 0 bridgehead atoms. The van der Waals surface area contributed by atoms with Crippen molar-refractivity contribution in [3.8, 4) is 0 Å². The van der Waals surface area contributed by atoms with E-state index in [0.717, 1.165) is 0 Å². The summed E-state index contributed by atoms with van der Waals surface area (Å²) < 4.78 is 47.4. The molecule has 1 N–H and O–H groups in total. The van der Waals surface area contributed by atoms with E-state index >= 15 is 0 Å². The number of epoxide rings is 2. The van der Waals surface area contributed by atoms with Crippen LogP contribution in [0.15, 0.2) is 106 Å². The van der Waals surface area contributed by atoms with Gasteiger partial charge in [-0.1, -0.05) is 154 Å². The highest BCUT2D eigenvalue weighted by molar-refractivity contribution is 6.74. The Hall–Kier alpha value is -4.49. The van der Waals surface area contributed by atoms with E-state index in [1.165, 1.54) is 19.6 Å². The number of oxazole rings is 2. The Morgan fingerprint density at radius 3 is 1.49 bits per heavy atom. The maximum Gasteiger partial charge on any atom is 0.360 e. The minimum absolute atomic E-state index is 0.0413. The van der Waals surface area contributed by atoms with E-state index in [0.29, 0.717) is 12.8 Å². The second-order valence-electron chi connectivity index (χ2n) is 22.3. The van der Waals surface area contributed by atoms with Gasteiger partial charge in [-0.25, -0.2) is 19.6 Å². The monoisotopic (exact) mass is 1000 g/mol. The number of nitrogens with zero attached hydrogens (tertiary/aromatic N) is 2. The molecule has 2 aromatic rings. The molecule has 2 saturated heterocycles. The third-order valence-corrected chi connectivity index (χ3v) is 22.9. The number of carbonyl (C=O) groups excluding carboxylic acids is 2. The summed E-state index contributed by atoms with van der Waals surface area (Å²) >= 11 is 0. The molecule has 2 aliphatic heterocycles. The van der Waals surface area contributed by atoms with Crippen molar-refractivity contribution in [1.82, 2.24) is 9.97 Å². The van der Waals surface area contributed by atoms with E-state index in [1.807, 2.05) is 74.6 Å². The largest absolute Gasteiger partial charge is 0.464 e. The summed E-state index contributed by atoms with van der Waals surface area (Å²) in [7, 11) is -3.03. The van der Waals surface area contributed by atoms with Crippen molar-refractivity contribution in [3.63, 3.8) is 0 Å². The van der Waals surface area contributed by atoms with Gasteiger partial charge in [0.05, 0.1) is 25.4 Å². The molecule has 2 aliphatic rings. The maximum atomic E-state index is 13.8. The molecule has 2 aromatic heterocycles. The van der Waals surface area contributed by atoms with Gasteiger partial charge >= 0.3 is 11.9 Å². The van der Waals surface area contributed by atoms with Gasteiger partial charge < -0.3 is 41.7 Å². The second kappa shape index (κ2) is 24.3. The van der Waals surface area contributed by atoms with Crippen molar-refractivity contribution < 1.29 is 51.3 Å². The van der Waals surface area contributed by atoms with Gasteiger partial charge in [-0.05, 0) is 56.5 Å². The van der Waals surface area contributed by atoms with Gasteiger partial charge in [0.25, 0.3) is 0 Å². The maximum absolute atomic E-state index is 13.8. The van der Waals surface area contributed by atoms with E-state index in [4.69, 9.17) is 31.9 Å². The fourth-order valence-corrected chi connectivity index (χ4v) is 9.54. The zero-order valence-corrected chi connectivity index (χ0v) is 46.8. The lowest BCUT2D eigenvalue weighted by Crippen LogP contribution is -2.51. The molecule has 0 radical (unpaired) electrons. The van der Waals surface area contributed by atoms with Gasteiger partial charge in [-0.15, -0.1) is 0 Å². The molecule has 15 heteroatoms. The molecule has 4 rings (SSSR count). The minimum atomic E-state index is -2.25. The van der Waals surface area contributed by atoms with Crippen molar-refractivity contribution in [3.05, 3.63) is 121 Å². The molecule has 70 heavy (non-hydrogen) atoms. The van der Waals surface area contributed by atoms with Crippen LogP contribution in [0.2, 0.25) is 36.3 Å². The molecule has 8 atom stereocenters. The zero-order chi connectivity index (χ0) is 52.3. The number of carbonyl (C=O) groups is 2. The predicted octanol–water partition coefficient (Wildman–Crippen LogP) is 12.6. The number of aromatic nitrogens is 2. The van der Waals surface area contributed by atoms with Gasteiger partial charge in [-0.3, -0.25) is 0 Å². The Bertz CT molecular complexity index is 2280. The first-order chi connectivity index (χ1) is 32.6. The number of hydrogen-bond donors (Lipinski definition) is 1. The van der Waals surface area contributed by atoms with Gasteiger partial charge in [0.2, 0.25) is 11.8 Å². The summed E-state index contributed by atoms with van der Waals surface area (Å²) in [6.45, 7) is 34.4. The van der Waals surface area contributed by atoms with Gasteiger partial charge in [-0.2, -0.15) is 0 Å². The highest BCUT2D eigenvalue weighted by Gasteiger charge is 2.47. The summed E-state index contributed by atoms with van der Waals surface area (Å²) in [5, 5.41) is 11.3. The zero-order valence-electron chi connectivity index (χ0n) is 44.8. The molecular weight excluding hydrogens is 921 g/mol. The number of methoxy groups -OCH3 is 1. The van der Waals surface area contributed by atoms with Crippen molar-refractivity contribution in [2.75, 3.05) is 7.11 Å². The van der Waals surface area contributed by atoms with Crippen LogP contribution in [0, 0.1) is 10.8 Å². The lowest BCUT2D eigenvalue weighted by Gasteiger charge is -2.45. The summed E-state index contributed by atoms with van der Waals surface area (Å²) in [5.41, 5.74) is -1.01.